The van der Waals surface area contributed by atoms with Gasteiger partial charge < -0.3 is 25.6 Å². The lowest BCUT2D eigenvalue weighted by Crippen LogP contribution is -2.52. The molecule has 0 aliphatic heterocycles. The third-order valence-electron chi connectivity index (χ3n) is 1.87. The number of hydrogen-bond acceptors (Lipinski definition) is 7. The molecule has 1 amide bonds. The second-order valence-electron chi connectivity index (χ2n) is 3.61. The third-order valence-corrected chi connectivity index (χ3v) is 1.87. The molecule has 0 rings (SSSR count). The standard InChI is InChI=1S/C10H16N2O7/c1-5(13)18-3-7(11)9(15)12-8(10(16)17)4-19-6(2)14/h7-8H,3-4,11H2,1-2H3,(H,12,15)(H,16,17). The van der Waals surface area contributed by atoms with Gasteiger partial charge in [0.15, 0.2) is 6.04 Å². The molecule has 0 aromatic rings. The lowest BCUT2D eigenvalue weighted by atomic mass is 10.2. The number of amides is 1. The Morgan fingerprint density at radius 1 is 1.11 bits per heavy atom. The van der Waals surface area contributed by atoms with Crippen LogP contribution in [0.15, 0.2) is 0 Å². The molecule has 19 heavy (non-hydrogen) atoms. The number of nitrogens with one attached hydrogen (secondary N) is 1. The number of carboxylic acids is 1. The van der Waals surface area contributed by atoms with Crippen molar-refractivity contribution >= 4 is 23.8 Å². The summed E-state index contributed by atoms with van der Waals surface area (Å²) in [5, 5.41) is 10.9. The first-order valence-electron chi connectivity index (χ1n) is 5.29. The third kappa shape index (κ3) is 7.71. The van der Waals surface area contributed by atoms with E-state index in [-0.39, 0.29) is 6.61 Å². The van der Waals surface area contributed by atoms with Gasteiger partial charge in [-0.3, -0.25) is 14.4 Å². The molecule has 0 spiro atoms. The van der Waals surface area contributed by atoms with E-state index in [1.165, 1.54) is 0 Å². The second kappa shape index (κ2) is 8.03. The number of carbonyl (C=O) groups excluding carboxylic acids is 3. The van der Waals surface area contributed by atoms with E-state index in [4.69, 9.17) is 10.8 Å². The van der Waals surface area contributed by atoms with Crippen LogP contribution in [-0.2, 0) is 28.7 Å². The zero-order valence-electron chi connectivity index (χ0n) is 10.5. The summed E-state index contributed by atoms with van der Waals surface area (Å²) in [6.45, 7) is 1.36. The Morgan fingerprint density at radius 2 is 1.58 bits per heavy atom. The Labute approximate surface area is 109 Å². The van der Waals surface area contributed by atoms with Crippen LogP contribution in [0.1, 0.15) is 13.8 Å². The summed E-state index contributed by atoms with van der Waals surface area (Å²) >= 11 is 0. The molecule has 0 bridgehead atoms. The Balaban J connectivity index is 4.33. The maximum Gasteiger partial charge on any atom is 0.329 e. The van der Waals surface area contributed by atoms with Crippen LogP contribution >= 0.6 is 0 Å². The van der Waals surface area contributed by atoms with Crippen molar-refractivity contribution in [2.45, 2.75) is 25.9 Å². The lowest BCUT2D eigenvalue weighted by molar-refractivity contribution is -0.150. The van der Waals surface area contributed by atoms with Crippen LogP contribution in [0.5, 0.6) is 0 Å². The largest absolute Gasteiger partial charge is 0.480 e. The Bertz CT molecular complexity index is 369. The maximum absolute atomic E-state index is 11.5. The second-order valence-corrected chi connectivity index (χ2v) is 3.61. The van der Waals surface area contributed by atoms with Crippen LogP contribution in [-0.4, -0.2) is 54.2 Å². The molecule has 0 radical (unpaired) electrons. The molecule has 0 aliphatic carbocycles. The normalized spacial score (nSPS) is 13.0. The molecular formula is C10H16N2O7. The van der Waals surface area contributed by atoms with E-state index in [0.29, 0.717) is 0 Å². The highest BCUT2D eigenvalue weighted by molar-refractivity contribution is 5.87. The molecule has 0 fully saturated rings. The topological polar surface area (TPSA) is 145 Å². The van der Waals surface area contributed by atoms with Crippen molar-refractivity contribution in [1.29, 1.82) is 0 Å². The van der Waals surface area contributed by atoms with Gasteiger partial charge in [-0.15, -0.1) is 0 Å². The first-order chi connectivity index (χ1) is 8.73. The molecule has 0 heterocycles. The van der Waals surface area contributed by atoms with E-state index < -0.39 is 42.5 Å². The first-order valence-corrected chi connectivity index (χ1v) is 5.29. The highest BCUT2D eigenvalue weighted by Crippen LogP contribution is 1.91. The van der Waals surface area contributed by atoms with Crippen LogP contribution in [0.4, 0.5) is 0 Å². The summed E-state index contributed by atoms with van der Waals surface area (Å²) in [6.07, 6.45) is 0. The number of ether oxygens (including phenoxy) is 2. The first kappa shape index (κ1) is 16.8. The minimum Gasteiger partial charge on any atom is -0.480 e. The van der Waals surface area contributed by atoms with Gasteiger partial charge in [0.1, 0.15) is 19.3 Å². The number of carboxylic acid groups (broad SMARTS) is 1. The summed E-state index contributed by atoms with van der Waals surface area (Å²) in [4.78, 5) is 43.4. The number of hydrogen-bond donors (Lipinski definition) is 3. The fourth-order valence-electron chi connectivity index (χ4n) is 0.937. The average Bonchev–Trinajstić information content (AvgIpc) is 2.30. The summed E-state index contributed by atoms with van der Waals surface area (Å²) in [5.74, 6) is -3.50. The van der Waals surface area contributed by atoms with E-state index in [2.05, 4.69) is 14.8 Å². The van der Waals surface area contributed by atoms with Crippen molar-refractivity contribution in [3.8, 4) is 0 Å². The number of esters is 2. The highest BCUT2D eigenvalue weighted by Gasteiger charge is 2.24. The van der Waals surface area contributed by atoms with Gasteiger partial charge in [-0.05, 0) is 0 Å². The number of aliphatic carboxylic acids is 1. The molecule has 2 unspecified atom stereocenters. The fourth-order valence-corrected chi connectivity index (χ4v) is 0.937. The van der Waals surface area contributed by atoms with E-state index in [9.17, 15) is 19.2 Å². The van der Waals surface area contributed by atoms with Crippen LogP contribution in [0.3, 0.4) is 0 Å². The van der Waals surface area contributed by atoms with Crippen molar-refractivity contribution < 1.29 is 33.8 Å². The molecule has 4 N–H and O–H groups in total. The van der Waals surface area contributed by atoms with Crippen molar-refractivity contribution in [3.05, 3.63) is 0 Å². The zero-order chi connectivity index (χ0) is 15.0. The molecule has 0 saturated carbocycles. The van der Waals surface area contributed by atoms with Gasteiger partial charge in [-0.2, -0.15) is 0 Å². The molecule has 9 nitrogen and oxygen atoms in total. The maximum atomic E-state index is 11.5. The van der Waals surface area contributed by atoms with Crippen LogP contribution in [0, 0.1) is 0 Å². The number of nitrogens with two attached hydrogens (primary N) is 1. The van der Waals surface area contributed by atoms with Crippen LogP contribution in [0.2, 0.25) is 0 Å². The Hall–Kier alpha value is -2.16. The van der Waals surface area contributed by atoms with Gasteiger partial charge in [0.2, 0.25) is 5.91 Å². The van der Waals surface area contributed by atoms with Gasteiger partial charge >= 0.3 is 17.9 Å². The Morgan fingerprint density at radius 3 is 2.00 bits per heavy atom. The summed E-state index contributed by atoms with van der Waals surface area (Å²) < 4.78 is 8.99. The predicted octanol–water partition coefficient (Wildman–Crippen LogP) is -1.99. The van der Waals surface area contributed by atoms with Crippen molar-refractivity contribution in [1.82, 2.24) is 5.32 Å². The molecule has 2 atom stereocenters. The number of rotatable bonds is 7. The van der Waals surface area contributed by atoms with Crippen molar-refractivity contribution in [2.24, 2.45) is 5.73 Å². The summed E-state index contributed by atoms with van der Waals surface area (Å²) in [5.41, 5.74) is 5.38. The van der Waals surface area contributed by atoms with E-state index >= 15 is 0 Å². The van der Waals surface area contributed by atoms with Gasteiger partial charge in [0, 0.05) is 13.8 Å². The summed E-state index contributed by atoms with van der Waals surface area (Å²) in [7, 11) is 0. The van der Waals surface area contributed by atoms with E-state index in [1.807, 2.05) is 0 Å². The molecule has 0 saturated heterocycles. The quantitative estimate of drug-likeness (QED) is 0.453. The lowest BCUT2D eigenvalue weighted by Gasteiger charge is -2.17. The smallest absolute Gasteiger partial charge is 0.329 e. The SMILES string of the molecule is CC(=O)OCC(N)C(=O)NC(COC(C)=O)C(=O)O. The minimum atomic E-state index is -1.42. The fraction of sp³-hybridized carbons (Fsp3) is 0.600. The molecule has 0 aromatic carbocycles. The molecule has 0 aliphatic rings. The highest BCUT2D eigenvalue weighted by atomic mass is 16.5. The predicted molar refractivity (Wildman–Crippen MR) is 60.8 cm³/mol. The zero-order valence-corrected chi connectivity index (χ0v) is 10.5. The van der Waals surface area contributed by atoms with E-state index in [0.717, 1.165) is 13.8 Å². The molecular weight excluding hydrogens is 260 g/mol. The van der Waals surface area contributed by atoms with Gasteiger partial charge in [-0.25, -0.2) is 4.79 Å². The minimum absolute atomic E-state index is 0.374. The summed E-state index contributed by atoms with van der Waals surface area (Å²) in [6, 6.07) is -2.62. The average molecular weight is 276 g/mol. The number of carbonyl (C=O) groups is 4. The molecule has 9 heteroatoms. The molecule has 108 valence electrons. The monoisotopic (exact) mass is 276 g/mol. The van der Waals surface area contributed by atoms with Crippen LogP contribution in [0.25, 0.3) is 0 Å². The van der Waals surface area contributed by atoms with Crippen molar-refractivity contribution in [2.75, 3.05) is 13.2 Å². The van der Waals surface area contributed by atoms with Crippen molar-refractivity contribution in [3.63, 3.8) is 0 Å². The van der Waals surface area contributed by atoms with Gasteiger partial charge in [0.05, 0.1) is 0 Å². The van der Waals surface area contributed by atoms with Gasteiger partial charge in [-0.1, -0.05) is 0 Å². The molecule has 0 aromatic heterocycles. The van der Waals surface area contributed by atoms with E-state index in [1.54, 1.807) is 0 Å². The Kier molecular flexibility index (Phi) is 7.12. The van der Waals surface area contributed by atoms with Crippen LogP contribution < -0.4 is 11.1 Å². The van der Waals surface area contributed by atoms with Gasteiger partial charge in [0.25, 0.3) is 0 Å².